The van der Waals surface area contributed by atoms with E-state index >= 15 is 0 Å². The number of ether oxygens (including phenoxy) is 1. The highest BCUT2D eigenvalue weighted by molar-refractivity contribution is 5.77. The molecule has 0 radical (unpaired) electrons. The largest absolute Gasteiger partial charge is 0.481 e. The first kappa shape index (κ1) is 14.9. The number of nitrogens with one attached hydrogen (secondary N) is 1. The number of nitrogens with zero attached hydrogens (tertiary/aromatic N) is 2. The first-order valence-corrected chi connectivity index (χ1v) is 5.90. The van der Waals surface area contributed by atoms with Crippen molar-refractivity contribution in [2.75, 3.05) is 13.2 Å². The van der Waals surface area contributed by atoms with Gasteiger partial charge in [-0.25, -0.2) is 9.97 Å². The predicted molar refractivity (Wildman–Crippen MR) is 66.7 cm³/mol. The van der Waals surface area contributed by atoms with Crippen molar-refractivity contribution in [1.29, 1.82) is 0 Å². The molecule has 1 heterocycles. The molecule has 0 saturated carbocycles. The Bertz CT molecular complexity index is 450. The Morgan fingerprint density at radius 2 is 2.21 bits per heavy atom. The number of carboxylic acid groups (broad SMARTS) is 1. The highest BCUT2D eigenvalue weighted by Crippen LogP contribution is 2.05. The second-order valence-corrected chi connectivity index (χ2v) is 4.14. The molecule has 0 aliphatic heterocycles. The molecule has 7 heteroatoms. The Morgan fingerprint density at radius 3 is 2.84 bits per heavy atom. The molecule has 0 aromatic carbocycles. The van der Waals surface area contributed by atoms with Gasteiger partial charge in [-0.3, -0.25) is 9.59 Å². The summed E-state index contributed by atoms with van der Waals surface area (Å²) in [4.78, 5) is 29.8. The van der Waals surface area contributed by atoms with Crippen LogP contribution in [-0.4, -0.2) is 40.1 Å². The van der Waals surface area contributed by atoms with Crippen LogP contribution in [-0.2, 0) is 9.59 Å². The maximum absolute atomic E-state index is 11.4. The van der Waals surface area contributed by atoms with Crippen molar-refractivity contribution in [2.45, 2.75) is 20.3 Å². The van der Waals surface area contributed by atoms with E-state index in [0.717, 1.165) is 5.69 Å². The van der Waals surface area contributed by atoms with Gasteiger partial charge in [-0.05, 0) is 6.92 Å². The van der Waals surface area contributed by atoms with Crippen LogP contribution in [0.4, 0.5) is 0 Å². The van der Waals surface area contributed by atoms with Gasteiger partial charge in [-0.2, -0.15) is 0 Å². The second kappa shape index (κ2) is 7.30. The van der Waals surface area contributed by atoms with Crippen LogP contribution >= 0.6 is 0 Å². The Kier molecular flexibility index (Phi) is 5.72. The van der Waals surface area contributed by atoms with Crippen molar-refractivity contribution in [2.24, 2.45) is 5.92 Å². The van der Waals surface area contributed by atoms with Crippen LogP contribution in [0.3, 0.4) is 0 Å². The van der Waals surface area contributed by atoms with E-state index in [1.165, 1.54) is 13.3 Å². The fourth-order valence-electron chi connectivity index (χ4n) is 1.20. The van der Waals surface area contributed by atoms with Crippen LogP contribution in [0.1, 0.15) is 19.0 Å². The lowest BCUT2D eigenvalue weighted by molar-refractivity contribution is -0.141. The maximum atomic E-state index is 11.4. The molecule has 19 heavy (non-hydrogen) atoms. The molecule has 1 rings (SSSR count). The third-order valence-electron chi connectivity index (χ3n) is 2.38. The quantitative estimate of drug-likeness (QED) is 0.741. The molecule has 0 aliphatic rings. The first-order chi connectivity index (χ1) is 8.99. The van der Waals surface area contributed by atoms with Crippen LogP contribution in [0, 0.1) is 12.8 Å². The summed E-state index contributed by atoms with van der Waals surface area (Å²) in [6, 6.07) is 1.67. The molecule has 0 saturated heterocycles. The Balaban J connectivity index is 2.22. The first-order valence-electron chi connectivity index (χ1n) is 5.90. The number of aryl methyl sites for hydroxylation is 1. The number of rotatable bonds is 7. The molecular formula is C12H17N3O4. The molecule has 2 N–H and O–H groups in total. The van der Waals surface area contributed by atoms with Gasteiger partial charge >= 0.3 is 5.97 Å². The maximum Gasteiger partial charge on any atom is 0.308 e. The molecule has 1 atom stereocenters. The van der Waals surface area contributed by atoms with Crippen molar-refractivity contribution in [3.8, 4) is 5.88 Å². The molecule has 1 aromatic rings. The number of aliphatic carboxylic acids is 1. The van der Waals surface area contributed by atoms with E-state index in [9.17, 15) is 9.59 Å². The van der Waals surface area contributed by atoms with Crippen molar-refractivity contribution in [3.05, 3.63) is 18.1 Å². The van der Waals surface area contributed by atoms with Crippen LogP contribution < -0.4 is 10.1 Å². The average Bonchev–Trinajstić information content (AvgIpc) is 2.36. The van der Waals surface area contributed by atoms with Crippen LogP contribution in [0.15, 0.2) is 12.4 Å². The lowest BCUT2D eigenvalue weighted by Gasteiger charge is -2.09. The summed E-state index contributed by atoms with van der Waals surface area (Å²) in [5, 5.41) is 11.2. The van der Waals surface area contributed by atoms with Gasteiger partial charge in [-0.1, -0.05) is 6.92 Å². The van der Waals surface area contributed by atoms with E-state index in [1.54, 1.807) is 6.07 Å². The fraction of sp³-hybridized carbons (Fsp3) is 0.500. The predicted octanol–water partition coefficient (Wildman–Crippen LogP) is 0.391. The van der Waals surface area contributed by atoms with Crippen LogP contribution in [0.2, 0.25) is 0 Å². The van der Waals surface area contributed by atoms with E-state index < -0.39 is 11.9 Å². The normalized spacial score (nSPS) is 11.7. The average molecular weight is 267 g/mol. The van der Waals surface area contributed by atoms with Gasteiger partial charge in [0.2, 0.25) is 11.8 Å². The monoisotopic (exact) mass is 267 g/mol. The zero-order chi connectivity index (χ0) is 14.3. The zero-order valence-electron chi connectivity index (χ0n) is 10.9. The Morgan fingerprint density at radius 1 is 1.47 bits per heavy atom. The van der Waals surface area contributed by atoms with Crippen molar-refractivity contribution < 1.29 is 19.4 Å². The Labute approximate surface area is 111 Å². The van der Waals surface area contributed by atoms with Crippen molar-refractivity contribution in [3.63, 3.8) is 0 Å². The third kappa shape index (κ3) is 5.80. The molecule has 0 bridgehead atoms. The summed E-state index contributed by atoms with van der Waals surface area (Å²) < 4.78 is 5.28. The molecule has 1 unspecified atom stereocenters. The SMILES string of the molecule is Cc1cc(OCCC(=O)NCC(C)C(=O)O)ncn1. The molecule has 0 spiro atoms. The van der Waals surface area contributed by atoms with Gasteiger partial charge < -0.3 is 15.2 Å². The van der Waals surface area contributed by atoms with Gasteiger partial charge in [0.05, 0.1) is 18.9 Å². The van der Waals surface area contributed by atoms with Crippen LogP contribution in [0.5, 0.6) is 5.88 Å². The van der Waals surface area contributed by atoms with Gasteiger partial charge in [0, 0.05) is 18.3 Å². The molecule has 7 nitrogen and oxygen atoms in total. The van der Waals surface area contributed by atoms with Crippen molar-refractivity contribution >= 4 is 11.9 Å². The minimum absolute atomic E-state index is 0.112. The molecular weight excluding hydrogens is 250 g/mol. The van der Waals surface area contributed by atoms with Crippen LogP contribution in [0.25, 0.3) is 0 Å². The molecule has 0 aliphatic carbocycles. The smallest absolute Gasteiger partial charge is 0.308 e. The minimum Gasteiger partial charge on any atom is -0.481 e. The summed E-state index contributed by atoms with van der Waals surface area (Å²) in [5.74, 6) is -1.37. The lowest BCUT2D eigenvalue weighted by atomic mass is 10.2. The summed E-state index contributed by atoms with van der Waals surface area (Å²) >= 11 is 0. The van der Waals surface area contributed by atoms with Gasteiger partial charge in [0.15, 0.2) is 0 Å². The molecule has 1 aromatic heterocycles. The molecule has 1 amide bonds. The number of amides is 1. The van der Waals surface area contributed by atoms with Gasteiger partial charge in [0.1, 0.15) is 6.33 Å². The summed E-state index contributed by atoms with van der Waals surface area (Å²) in [6.07, 6.45) is 1.54. The third-order valence-corrected chi connectivity index (χ3v) is 2.38. The number of carbonyl (C=O) groups excluding carboxylic acids is 1. The van der Waals surface area contributed by atoms with Gasteiger partial charge in [-0.15, -0.1) is 0 Å². The summed E-state index contributed by atoms with van der Waals surface area (Å²) in [7, 11) is 0. The lowest BCUT2D eigenvalue weighted by Crippen LogP contribution is -2.32. The Hall–Kier alpha value is -2.18. The highest BCUT2D eigenvalue weighted by Gasteiger charge is 2.12. The van der Waals surface area contributed by atoms with E-state index in [-0.39, 0.29) is 25.5 Å². The van der Waals surface area contributed by atoms with Gasteiger partial charge in [0.25, 0.3) is 0 Å². The number of hydrogen-bond acceptors (Lipinski definition) is 5. The summed E-state index contributed by atoms with van der Waals surface area (Å²) in [6.45, 7) is 3.64. The number of carboxylic acids is 1. The van der Waals surface area contributed by atoms with E-state index in [0.29, 0.717) is 5.88 Å². The summed E-state index contributed by atoms with van der Waals surface area (Å²) in [5.41, 5.74) is 0.782. The van der Waals surface area contributed by atoms with E-state index in [2.05, 4.69) is 15.3 Å². The van der Waals surface area contributed by atoms with E-state index in [4.69, 9.17) is 9.84 Å². The fourth-order valence-corrected chi connectivity index (χ4v) is 1.20. The topological polar surface area (TPSA) is 101 Å². The highest BCUT2D eigenvalue weighted by atomic mass is 16.5. The number of hydrogen-bond donors (Lipinski definition) is 2. The molecule has 0 fully saturated rings. The van der Waals surface area contributed by atoms with E-state index in [1.807, 2.05) is 6.92 Å². The zero-order valence-corrected chi connectivity index (χ0v) is 10.9. The number of carbonyl (C=O) groups is 2. The second-order valence-electron chi connectivity index (χ2n) is 4.14. The minimum atomic E-state index is -0.937. The molecule has 104 valence electrons. The standard InChI is InChI=1S/C12H17N3O4/c1-8(12(17)18)6-13-10(16)3-4-19-11-5-9(2)14-7-15-11/h5,7-8H,3-4,6H2,1-2H3,(H,13,16)(H,17,18). The van der Waals surface area contributed by atoms with Crippen molar-refractivity contribution in [1.82, 2.24) is 15.3 Å². The number of aromatic nitrogens is 2.